The van der Waals surface area contributed by atoms with Gasteiger partial charge in [0.2, 0.25) is 15.9 Å². The third-order valence-corrected chi connectivity index (χ3v) is 6.25. The van der Waals surface area contributed by atoms with Crippen molar-refractivity contribution in [1.29, 1.82) is 0 Å². The lowest BCUT2D eigenvalue weighted by molar-refractivity contribution is -0.123. The molecule has 0 spiro atoms. The minimum Gasteiger partial charge on any atom is -0.352 e. The second-order valence-corrected chi connectivity index (χ2v) is 8.41. The molecule has 0 bridgehead atoms. The van der Waals surface area contributed by atoms with Crippen molar-refractivity contribution in [3.8, 4) is 0 Å². The molecule has 1 aliphatic carbocycles. The summed E-state index contributed by atoms with van der Waals surface area (Å²) in [4.78, 5) is 12.5. The number of fused-ring (bicyclic) bond motifs is 1. The highest BCUT2D eigenvalue weighted by atomic mass is 32.2. The highest BCUT2D eigenvalue weighted by molar-refractivity contribution is 7.89. The van der Waals surface area contributed by atoms with E-state index in [9.17, 15) is 13.2 Å². The maximum absolute atomic E-state index is 12.6. The zero-order valence-electron chi connectivity index (χ0n) is 14.4. The van der Waals surface area contributed by atoms with Gasteiger partial charge in [-0.15, -0.1) is 0 Å². The first-order valence-electron chi connectivity index (χ1n) is 8.77. The van der Waals surface area contributed by atoms with Crippen LogP contribution in [-0.2, 0) is 14.8 Å². The van der Waals surface area contributed by atoms with Crippen molar-refractivity contribution in [2.24, 2.45) is 0 Å². The molecule has 3 rings (SSSR count). The van der Waals surface area contributed by atoms with Gasteiger partial charge in [0.05, 0.1) is 10.9 Å². The van der Waals surface area contributed by atoms with Gasteiger partial charge in [-0.25, -0.2) is 8.42 Å². The topological polar surface area (TPSA) is 75.3 Å². The zero-order valence-corrected chi connectivity index (χ0v) is 15.2. The van der Waals surface area contributed by atoms with E-state index in [0.717, 1.165) is 36.5 Å². The zero-order chi connectivity index (χ0) is 17.9. The molecular weight excluding hydrogens is 336 g/mol. The van der Waals surface area contributed by atoms with Gasteiger partial charge in [-0.2, -0.15) is 4.72 Å². The average molecular weight is 360 g/mol. The summed E-state index contributed by atoms with van der Waals surface area (Å²) >= 11 is 0. The Kier molecular flexibility index (Phi) is 5.39. The van der Waals surface area contributed by atoms with Crippen LogP contribution in [0.25, 0.3) is 10.8 Å². The molecule has 0 unspecified atom stereocenters. The average Bonchev–Trinajstić information content (AvgIpc) is 2.61. The number of sulfonamides is 1. The summed E-state index contributed by atoms with van der Waals surface area (Å²) in [5, 5.41) is 4.78. The molecule has 2 aromatic carbocycles. The Morgan fingerprint density at radius 1 is 1.04 bits per heavy atom. The van der Waals surface area contributed by atoms with Gasteiger partial charge in [0, 0.05) is 6.04 Å². The van der Waals surface area contributed by atoms with Gasteiger partial charge < -0.3 is 5.32 Å². The SMILES string of the molecule is C[C@H](NS(=O)(=O)c1ccc2ccccc2c1)C(=O)NC1CCCCC1. The standard InChI is InChI=1S/C19H24N2O3S/c1-14(19(22)20-17-9-3-2-4-10-17)21-25(23,24)18-12-11-15-7-5-6-8-16(15)13-18/h5-8,11-14,17,21H,2-4,9-10H2,1H3,(H,20,22)/t14-/m0/s1. The van der Waals surface area contributed by atoms with E-state index in [-0.39, 0.29) is 16.8 Å². The van der Waals surface area contributed by atoms with Crippen molar-refractivity contribution in [1.82, 2.24) is 10.0 Å². The number of nitrogens with one attached hydrogen (secondary N) is 2. The van der Waals surface area contributed by atoms with Crippen LogP contribution in [-0.4, -0.2) is 26.4 Å². The fourth-order valence-electron chi connectivity index (χ4n) is 3.26. The number of carbonyl (C=O) groups is 1. The van der Waals surface area contributed by atoms with Crippen LogP contribution in [0.1, 0.15) is 39.0 Å². The van der Waals surface area contributed by atoms with Crippen LogP contribution >= 0.6 is 0 Å². The molecule has 6 heteroatoms. The Labute approximate surface area is 148 Å². The Morgan fingerprint density at radius 3 is 2.44 bits per heavy atom. The van der Waals surface area contributed by atoms with Gasteiger partial charge in [-0.1, -0.05) is 49.6 Å². The van der Waals surface area contributed by atoms with E-state index in [1.54, 1.807) is 25.1 Å². The molecule has 25 heavy (non-hydrogen) atoms. The van der Waals surface area contributed by atoms with E-state index in [1.165, 1.54) is 6.42 Å². The van der Waals surface area contributed by atoms with Crippen LogP contribution in [0, 0.1) is 0 Å². The monoisotopic (exact) mass is 360 g/mol. The summed E-state index contributed by atoms with van der Waals surface area (Å²) in [6, 6.07) is 11.9. The largest absolute Gasteiger partial charge is 0.352 e. The van der Waals surface area contributed by atoms with E-state index in [1.807, 2.05) is 24.3 Å². The van der Waals surface area contributed by atoms with E-state index in [2.05, 4.69) is 10.0 Å². The van der Waals surface area contributed by atoms with Gasteiger partial charge in [-0.05, 0) is 42.7 Å². The molecule has 2 N–H and O–H groups in total. The second-order valence-electron chi connectivity index (χ2n) is 6.70. The predicted molar refractivity (Wildman–Crippen MR) is 98.7 cm³/mol. The normalized spacial score (nSPS) is 17.3. The number of hydrogen-bond donors (Lipinski definition) is 2. The van der Waals surface area contributed by atoms with Crippen molar-refractivity contribution in [3.05, 3.63) is 42.5 Å². The molecule has 5 nitrogen and oxygen atoms in total. The molecular formula is C19H24N2O3S. The number of amides is 1. The molecule has 1 fully saturated rings. The summed E-state index contributed by atoms with van der Waals surface area (Å²) < 4.78 is 27.7. The van der Waals surface area contributed by atoms with Crippen molar-refractivity contribution in [2.45, 2.75) is 56.0 Å². The maximum atomic E-state index is 12.6. The molecule has 134 valence electrons. The van der Waals surface area contributed by atoms with Crippen molar-refractivity contribution < 1.29 is 13.2 Å². The summed E-state index contributed by atoms with van der Waals surface area (Å²) in [5.41, 5.74) is 0. The van der Waals surface area contributed by atoms with Crippen molar-refractivity contribution >= 4 is 26.7 Å². The number of rotatable bonds is 5. The first-order chi connectivity index (χ1) is 12.0. The first kappa shape index (κ1) is 17.9. The Hall–Kier alpha value is -1.92. The van der Waals surface area contributed by atoms with E-state index in [0.29, 0.717) is 0 Å². The molecule has 1 aliphatic rings. The third kappa shape index (κ3) is 4.38. The minimum atomic E-state index is -3.75. The lowest BCUT2D eigenvalue weighted by Crippen LogP contribution is -2.48. The van der Waals surface area contributed by atoms with Crippen LogP contribution in [0.4, 0.5) is 0 Å². The fourth-order valence-corrected chi connectivity index (χ4v) is 4.50. The minimum absolute atomic E-state index is 0.161. The number of benzene rings is 2. The van der Waals surface area contributed by atoms with Crippen LogP contribution in [0.2, 0.25) is 0 Å². The van der Waals surface area contributed by atoms with E-state index < -0.39 is 16.1 Å². The summed E-state index contributed by atoms with van der Waals surface area (Å²) in [7, 11) is -3.75. The molecule has 0 aliphatic heterocycles. The Bertz CT molecular complexity index is 858. The van der Waals surface area contributed by atoms with Gasteiger partial charge >= 0.3 is 0 Å². The van der Waals surface area contributed by atoms with Crippen molar-refractivity contribution in [3.63, 3.8) is 0 Å². The predicted octanol–water partition coefficient (Wildman–Crippen LogP) is 2.96. The molecule has 1 saturated carbocycles. The van der Waals surface area contributed by atoms with Crippen LogP contribution < -0.4 is 10.0 Å². The Morgan fingerprint density at radius 2 is 1.72 bits per heavy atom. The first-order valence-corrected chi connectivity index (χ1v) is 10.3. The van der Waals surface area contributed by atoms with Crippen LogP contribution in [0.15, 0.2) is 47.4 Å². The molecule has 0 aromatic heterocycles. The lowest BCUT2D eigenvalue weighted by Gasteiger charge is -2.24. The molecule has 0 radical (unpaired) electrons. The van der Waals surface area contributed by atoms with E-state index in [4.69, 9.17) is 0 Å². The molecule has 0 heterocycles. The van der Waals surface area contributed by atoms with Gasteiger partial charge in [0.1, 0.15) is 0 Å². The smallest absolute Gasteiger partial charge is 0.241 e. The van der Waals surface area contributed by atoms with E-state index >= 15 is 0 Å². The third-order valence-electron chi connectivity index (χ3n) is 4.71. The number of carbonyl (C=O) groups excluding carboxylic acids is 1. The number of hydrogen-bond acceptors (Lipinski definition) is 3. The highest BCUT2D eigenvalue weighted by Gasteiger charge is 2.24. The second kappa shape index (κ2) is 7.54. The Balaban J connectivity index is 1.69. The molecule has 1 atom stereocenters. The fraction of sp³-hybridized carbons (Fsp3) is 0.421. The van der Waals surface area contributed by atoms with Gasteiger partial charge in [0.25, 0.3) is 0 Å². The maximum Gasteiger partial charge on any atom is 0.241 e. The summed E-state index contributed by atoms with van der Waals surface area (Å²) in [5.74, 6) is -0.267. The lowest BCUT2D eigenvalue weighted by atomic mass is 9.95. The van der Waals surface area contributed by atoms with Gasteiger partial charge in [0.15, 0.2) is 0 Å². The van der Waals surface area contributed by atoms with Gasteiger partial charge in [-0.3, -0.25) is 4.79 Å². The van der Waals surface area contributed by atoms with Crippen molar-refractivity contribution in [2.75, 3.05) is 0 Å². The molecule has 1 amide bonds. The highest BCUT2D eigenvalue weighted by Crippen LogP contribution is 2.20. The van der Waals surface area contributed by atoms with Crippen LogP contribution in [0.3, 0.4) is 0 Å². The summed E-state index contributed by atoms with van der Waals surface area (Å²) in [6.07, 6.45) is 5.37. The molecule has 2 aromatic rings. The quantitative estimate of drug-likeness (QED) is 0.861. The van der Waals surface area contributed by atoms with Crippen LogP contribution in [0.5, 0.6) is 0 Å². The summed E-state index contributed by atoms with van der Waals surface area (Å²) in [6.45, 7) is 1.58. The molecule has 0 saturated heterocycles.